The summed E-state index contributed by atoms with van der Waals surface area (Å²) < 4.78 is 0. The molecule has 0 spiro atoms. The highest BCUT2D eigenvalue weighted by Gasteiger charge is 2.09. The first kappa shape index (κ1) is 8.25. The molecule has 0 radical (unpaired) electrons. The van der Waals surface area contributed by atoms with Gasteiger partial charge in [-0.3, -0.25) is 4.79 Å². The number of Topliss-reactive ketones (excluding diaryl/α,β-unsaturated/α-hetero) is 1. The van der Waals surface area contributed by atoms with Crippen LogP contribution in [-0.2, 0) is 4.79 Å². The molecule has 1 nitrogen and oxygen atoms in total. The number of ketones is 1. The third kappa shape index (κ3) is 1.79. The SMILES string of the molecule is CCC1=C(C(C)=O)C=CCC1. The Balaban J connectivity index is 2.92. The average Bonchev–Trinajstić information content (AvgIpc) is 2.04. The standard InChI is InChI=1S/C10H14O/c1-3-9-6-4-5-7-10(9)8(2)11/h5,7H,3-4,6H2,1-2H3. The van der Waals surface area contributed by atoms with Crippen molar-refractivity contribution in [3.8, 4) is 0 Å². The molecule has 0 saturated heterocycles. The van der Waals surface area contributed by atoms with Gasteiger partial charge in [0.2, 0.25) is 0 Å². The zero-order valence-corrected chi connectivity index (χ0v) is 7.18. The van der Waals surface area contributed by atoms with Crippen LogP contribution in [0.2, 0.25) is 0 Å². The van der Waals surface area contributed by atoms with Gasteiger partial charge in [-0.2, -0.15) is 0 Å². The van der Waals surface area contributed by atoms with Crippen LogP contribution in [0.5, 0.6) is 0 Å². The smallest absolute Gasteiger partial charge is 0.159 e. The van der Waals surface area contributed by atoms with Gasteiger partial charge in [-0.1, -0.05) is 24.6 Å². The predicted molar refractivity (Wildman–Crippen MR) is 46.4 cm³/mol. The number of rotatable bonds is 2. The predicted octanol–water partition coefficient (Wildman–Crippen LogP) is 2.63. The fraction of sp³-hybridized carbons (Fsp3) is 0.500. The van der Waals surface area contributed by atoms with Gasteiger partial charge in [-0.25, -0.2) is 0 Å². The van der Waals surface area contributed by atoms with Gasteiger partial charge in [0.05, 0.1) is 0 Å². The summed E-state index contributed by atoms with van der Waals surface area (Å²) in [7, 11) is 0. The van der Waals surface area contributed by atoms with E-state index in [1.165, 1.54) is 5.57 Å². The van der Waals surface area contributed by atoms with Crippen molar-refractivity contribution in [1.82, 2.24) is 0 Å². The van der Waals surface area contributed by atoms with Crippen molar-refractivity contribution in [3.63, 3.8) is 0 Å². The van der Waals surface area contributed by atoms with Crippen LogP contribution in [0, 0.1) is 0 Å². The van der Waals surface area contributed by atoms with E-state index in [2.05, 4.69) is 13.0 Å². The molecule has 0 aromatic heterocycles. The van der Waals surface area contributed by atoms with Crippen molar-refractivity contribution >= 4 is 5.78 Å². The molecule has 0 aromatic carbocycles. The second kappa shape index (κ2) is 3.51. The van der Waals surface area contributed by atoms with Crippen LogP contribution in [0.1, 0.15) is 33.1 Å². The van der Waals surface area contributed by atoms with Crippen LogP contribution in [0.3, 0.4) is 0 Å². The highest BCUT2D eigenvalue weighted by atomic mass is 16.1. The molecule has 0 atom stereocenters. The quantitative estimate of drug-likeness (QED) is 0.591. The molecule has 0 N–H and O–H groups in total. The molecule has 0 bridgehead atoms. The lowest BCUT2D eigenvalue weighted by molar-refractivity contribution is -0.113. The second-order valence-electron chi connectivity index (χ2n) is 2.87. The second-order valence-corrected chi connectivity index (χ2v) is 2.87. The molecule has 1 aliphatic carbocycles. The first-order valence-corrected chi connectivity index (χ1v) is 4.15. The van der Waals surface area contributed by atoms with E-state index >= 15 is 0 Å². The molecular weight excluding hydrogens is 136 g/mol. The zero-order chi connectivity index (χ0) is 8.27. The number of carbonyl (C=O) groups excluding carboxylic acids is 1. The summed E-state index contributed by atoms with van der Waals surface area (Å²) in [6, 6.07) is 0. The highest BCUT2D eigenvalue weighted by Crippen LogP contribution is 2.21. The Morgan fingerprint density at radius 2 is 2.36 bits per heavy atom. The third-order valence-electron chi connectivity index (χ3n) is 2.08. The minimum absolute atomic E-state index is 0.206. The van der Waals surface area contributed by atoms with Gasteiger partial charge in [0.25, 0.3) is 0 Å². The van der Waals surface area contributed by atoms with Gasteiger partial charge >= 0.3 is 0 Å². The van der Waals surface area contributed by atoms with Crippen LogP contribution in [0.15, 0.2) is 23.3 Å². The van der Waals surface area contributed by atoms with Gasteiger partial charge in [0.1, 0.15) is 0 Å². The molecule has 0 unspecified atom stereocenters. The number of hydrogen-bond donors (Lipinski definition) is 0. The van der Waals surface area contributed by atoms with E-state index < -0.39 is 0 Å². The normalized spacial score (nSPS) is 17.3. The van der Waals surface area contributed by atoms with Crippen molar-refractivity contribution in [3.05, 3.63) is 23.3 Å². The first-order chi connectivity index (χ1) is 5.25. The molecule has 0 saturated carbocycles. The van der Waals surface area contributed by atoms with Crippen LogP contribution in [-0.4, -0.2) is 5.78 Å². The molecule has 0 fully saturated rings. The van der Waals surface area contributed by atoms with E-state index in [4.69, 9.17) is 0 Å². The van der Waals surface area contributed by atoms with E-state index in [0.717, 1.165) is 24.8 Å². The van der Waals surface area contributed by atoms with E-state index in [9.17, 15) is 4.79 Å². The van der Waals surface area contributed by atoms with Gasteiger partial charge in [0, 0.05) is 5.57 Å². The lowest BCUT2D eigenvalue weighted by Crippen LogP contribution is -2.01. The summed E-state index contributed by atoms with van der Waals surface area (Å²) in [5.74, 6) is 0.206. The Hall–Kier alpha value is -0.850. The maximum atomic E-state index is 11.1. The lowest BCUT2D eigenvalue weighted by atomic mass is 9.94. The van der Waals surface area contributed by atoms with E-state index in [1.54, 1.807) is 6.92 Å². The van der Waals surface area contributed by atoms with Crippen molar-refractivity contribution in [2.75, 3.05) is 0 Å². The maximum absolute atomic E-state index is 11.1. The molecule has 0 heterocycles. The van der Waals surface area contributed by atoms with Crippen molar-refractivity contribution in [2.24, 2.45) is 0 Å². The Morgan fingerprint density at radius 1 is 1.64 bits per heavy atom. The molecule has 1 rings (SSSR count). The van der Waals surface area contributed by atoms with E-state index in [-0.39, 0.29) is 5.78 Å². The molecule has 0 aliphatic heterocycles. The number of allylic oxidation sites excluding steroid dienone is 4. The Labute approximate surface area is 67.8 Å². The average molecular weight is 150 g/mol. The van der Waals surface area contributed by atoms with E-state index in [1.807, 2.05) is 6.08 Å². The highest BCUT2D eigenvalue weighted by molar-refractivity contribution is 5.97. The summed E-state index contributed by atoms with van der Waals surface area (Å²) >= 11 is 0. The fourth-order valence-electron chi connectivity index (χ4n) is 1.44. The molecule has 0 amide bonds. The molecule has 1 aliphatic rings. The molecule has 1 heteroatoms. The van der Waals surface area contributed by atoms with Gasteiger partial charge in [-0.15, -0.1) is 0 Å². The monoisotopic (exact) mass is 150 g/mol. The minimum atomic E-state index is 0.206. The summed E-state index contributed by atoms with van der Waals surface area (Å²) in [6.07, 6.45) is 7.22. The van der Waals surface area contributed by atoms with Gasteiger partial charge in [0.15, 0.2) is 5.78 Å². The largest absolute Gasteiger partial charge is 0.295 e. The van der Waals surface area contributed by atoms with E-state index in [0.29, 0.717) is 0 Å². The van der Waals surface area contributed by atoms with Crippen molar-refractivity contribution < 1.29 is 4.79 Å². The Kier molecular flexibility index (Phi) is 2.64. The topological polar surface area (TPSA) is 17.1 Å². The Morgan fingerprint density at radius 3 is 2.82 bits per heavy atom. The lowest BCUT2D eigenvalue weighted by Gasteiger charge is -2.11. The zero-order valence-electron chi connectivity index (χ0n) is 7.18. The van der Waals surface area contributed by atoms with Crippen LogP contribution in [0.4, 0.5) is 0 Å². The summed E-state index contributed by atoms with van der Waals surface area (Å²) in [5, 5.41) is 0. The van der Waals surface area contributed by atoms with Crippen LogP contribution < -0.4 is 0 Å². The van der Waals surface area contributed by atoms with Crippen LogP contribution >= 0.6 is 0 Å². The minimum Gasteiger partial charge on any atom is -0.295 e. The number of hydrogen-bond acceptors (Lipinski definition) is 1. The first-order valence-electron chi connectivity index (χ1n) is 4.15. The molecule has 11 heavy (non-hydrogen) atoms. The Bertz CT molecular complexity index is 221. The number of carbonyl (C=O) groups is 1. The fourth-order valence-corrected chi connectivity index (χ4v) is 1.44. The maximum Gasteiger partial charge on any atom is 0.159 e. The summed E-state index contributed by atoms with van der Waals surface area (Å²) in [6.45, 7) is 3.75. The molecule has 0 aromatic rings. The van der Waals surface area contributed by atoms with Gasteiger partial charge < -0.3 is 0 Å². The van der Waals surface area contributed by atoms with Crippen molar-refractivity contribution in [2.45, 2.75) is 33.1 Å². The molecular formula is C10H14O. The van der Waals surface area contributed by atoms with Crippen molar-refractivity contribution in [1.29, 1.82) is 0 Å². The summed E-state index contributed by atoms with van der Waals surface area (Å²) in [5.41, 5.74) is 2.26. The third-order valence-corrected chi connectivity index (χ3v) is 2.08. The summed E-state index contributed by atoms with van der Waals surface area (Å²) in [4.78, 5) is 11.1. The molecule has 60 valence electrons. The van der Waals surface area contributed by atoms with Crippen LogP contribution in [0.25, 0.3) is 0 Å². The van der Waals surface area contributed by atoms with Gasteiger partial charge in [-0.05, 0) is 26.2 Å².